The Morgan fingerprint density at radius 3 is 2.54 bits per heavy atom. The van der Waals surface area contributed by atoms with E-state index in [9.17, 15) is 4.79 Å². The van der Waals surface area contributed by atoms with Crippen LogP contribution in [0.4, 0.5) is 0 Å². The predicted octanol–water partition coefficient (Wildman–Crippen LogP) is 0.696. The van der Waals surface area contributed by atoms with Crippen LogP contribution in [0.3, 0.4) is 0 Å². The summed E-state index contributed by atoms with van der Waals surface area (Å²) in [4.78, 5) is 20.9. The van der Waals surface area contributed by atoms with Gasteiger partial charge in [-0.15, -0.1) is 0 Å². The van der Waals surface area contributed by atoms with Crippen molar-refractivity contribution in [2.45, 2.75) is 40.0 Å². The quantitative estimate of drug-likeness (QED) is 0.882. The van der Waals surface area contributed by atoms with Crippen molar-refractivity contribution < 1.29 is 9.69 Å². The van der Waals surface area contributed by atoms with Crippen LogP contribution in [0, 0.1) is 6.92 Å². The fourth-order valence-electron chi connectivity index (χ4n) is 3.17. The summed E-state index contributed by atoms with van der Waals surface area (Å²) in [5, 5.41) is 4.68. The average molecular weight is 330 g/mol. The molecule has 0 aromatic carbocycles. The number of carbonyl (C=O) groups is 1. The standard InChI is InChI=1S/C18H27N5O/c1-6-21-7-9-22(10-8-21)17(24)14-12-19-16-11-15(18(3,4)5)20-23(16)13(14)2/h11-12H,6-10H2,1-5H3/p+1. The molecule has 1 fully saturated rings. The van der Waals surface area contributed by atoms with E-state index in [0.717, 1.165) is 49.8 Å². The second kappa shape index (κ2) is 6.16. The van der Waals surface area contributed by atoms with Gasteiger partial charge in [0.1, 0.15) is 0 Å². The number of hydrogen-bond donors (Lipinski definition) is 1. The van der Waals surface area contributed by atoms with E-state index in [1.54, 1.807) is 15.6 Å². The van der Waals surface area contributed by atoms with Crippen molar-refractivity contribution in [2.75, 3.05) is 32.7 Å². The first-order valence-electron chi connectivity index (χ1n) is 8.80. The summed E-state index contributed by atoms with van der Waals surface area (Å²) < 4.78 is 1.81. The molecule has 1 aliphatic heterocycles. The van der Waals surface area contributed by atoms with Gasteiger partial charge in [-0.3, -0.25) is 4.79 Å². The minimum absolute atomic E-state index is 0.0381. The molecule has 6 heteroatoms. The van der Waals surface area contributed by atoms with Gasteiger partial charge >= 0.3 is 0 Å². The smallest absolute Gasteiger partial charge is 0.257 e. The highest BCUT2D eigenvalue weighted by Crippen LogP contribution is 2.23. The number of aryl methyl sites for hydroxylation is 1. The Hall–Kier alpha value is -1.95. The van der Waals surface area contributed by atoms with E-state index in [0.29, 0.717) is 5.56 Å². The summed E-state index contributed by atoms with van der Waals surface area (Å²) in [7, 11) is 0. The lowest BCUT2D eigenvalue weighted by Gasteiger charge is -2.31. The zero-order valence-corrected chi connectivity index (χ0v) is 15.4. The van der Waals surface area contributed by atoms with Crippen LogP contribution in [0.5, 0.6) is 0 Å². The van der Waals surface area contributed by atoms with E-state index in [1.165, 1.54) is 0 Å². The number of aromatic nitrogens is 3. The van der Waals surface area contributed by atoms with Crippen molar-refractivity contribution >= 4 is 11.6 Å². The number of quaternary nitrogens is 1. The van der Waals surface area contributed by atoms with Crippen LogP contribution < -0.4 is 4.90 Å². The number of nitrogens with one attached hydrogen (secondary N) is 1. The first-order valence-corrected chi connectivity index (χ1v) is 8.80. The highest BCUT2D eigenvalue weighted by atomic mass is 16.2. The highest BCUT2D eigenvalue weighted by molar-refractivity contribution is 5.95. The first-order chi connectivity index (χ1) is 11.3. The van der Waals surface area contributed by atoms with Crippen molar-refractivity contribution in [3.05, 3.63) is 29.2 Å². The van der Waals surface area contributed by atoms with E-state index < -0.39 is 0 Å². The molecule has 0 spiro atoms. The third-order valence-electron chi connectivity index (χ3n) is 4.98. The number of nitrogens with zero attached hydrogens (tertiary/aromatic N) is 4. The lowest BCUT2D eigenvalue weighted by molar-refractivity contribution is -0.902. The van der Waals surface area contributed by atoms with Crippen molar-refractivity contribution in [2.24, 2.45) is 0 Å². The highest BCUT2D eigenvalue weighted by Gasteiger charge is 2.26. The van der Waals surface area contributed by atoms with Gasteiger partial charge in [0.2, 0.25) is 0 Å². The molecule has 3 rings (SSSR count). The molecular formula is C18H28N5O+. The largest absolute Gasteiger partial charge is 0.332 e. The van der Waals surface area contributed by atoms with E-state index in [4.69, 9.17) is 0 Å². The summed E-state index contributed by atoms with van der Waals surface area (Å²) in [5.74, 6) is 0.0739. The van der Waals surface area contributed by atoms with Crippen molar-refractivity contribution in [1.29, 1.82) is 0 Å². The second-order valence-electron chi connectivity index (χ2n) is 7.70. The van der Waals surface area contributed by atoms with Crippen LogP contribution in [-0.2, 0) is 5.41 Å². The molecule has 0 aliphatic carbocycles. The van der Waals surface area contributed by atoms with Gasteiger partial charge < -0.3 is 9.80 Å². The average Bonchev–Trinajstić information content (AvgIpc) is 3.00. The number of carbonyl (C=O) groups excluding carboxylic acids is 1. The molecule has 0 radical (unpaired) electrons. The Balaban J connectivity index is 1.90. The minimum Gasteiger partial charge on any atom is -0.332 e. The van der Waals surface area contributed by atoms with Crippen molar-refractivity contribution in [1.82, 2.24) is 19.5 Å². The molecule has 1 amide bonds. The lowest BCUT2D eigenvalue weighted by atomic mass is 9.93. The first kappa shape index (κ1) is 16.9. The summed E-state index contributed by atoms with van der Waals surface area (Å²) >= 11 is 0. The molecule has 2 aromatic rings. The van der Waals surface area contributed by atoms with Gasteiger partial charge in [0.25, 0.3) is 5.91 Å². The van der Waals surface area contributed by atoms with Crippen LogP contribution in [0.25, 0.3) is 5.65 Å². The Morgan fingerprint density at radius 1 is 1.29 bits per heavy atom. The third-order valence-corrected chi connectivity index (χ3v) is 4.98. The SMILES string of the molecule is CC[NH+]1CCN(C(=O)c2cnc3cc(C(C)(C)C)nn3c2C)CC1. The van der Waals surface area contributed by atoms with Crippen molar-refractivity contribution in [3.8, 4) is 0 Å². The minimum atomic E-state index is -0.0381. The monoisotopic (exact) mass is 330 g/mol. The molecule has 6 nitrogen and oxygen atoms in total. The van der Waals surface area contributed by atoms with Crippen LogP contribution >= 0.6 is 0 Å². The summed E-state index contributed by atoms with van der Waals surface area (Å²) in [6.45, 7) is 15.3. The summed E-state index contributed by atoms with van der Waals surface area (Å²) in [5.41, 5.74) is 3.28. The number of likely N-dealkylation sites (N-methyl/N-ethyl adjacent to an activating group) is 1. The van der Waals surface area contributed by atoms with E-state index in [-0.39, 0.29) is 11.3 Å². The number of piperazine rings is 1. The van der Waals surface area contributed by atoms with Gasteiger partial charge in [-0.1, -0.05) is 20.8 Å². The Labute approximate surface area is 143 Å². The van der Waals surface area contributed by atoms with Gasteiger partial charge in [-0.05, 0) is 13.8 Å². The normalized spacial score (nSPS) is 16.8. The summed E-state index contributed by atoms with van der Waals surface area (Å²) in [6.07, 6.45) is 1.71. The molecule has 3 heterocycles. The number of hydrogen-bond acceptors (Lipinski definition) is 3. The molecule has 0 saturated carbocycles. The van der Waals surface area contributed by atoms with Gasteiger partial charge in [0, 0.05) is 17.7 Å². The van der Waals surface area contributed by atoms with Crippen LogP contribution in [0.15, 0.2) is 12.3 Å². The van der Waals surface area contributed by atoms with Gasteiger partial charge in [0.15, 0.2) is 5.65 Å². The maximum Gasteiger partial charge on any atom is 0.257 e. The number of amides is 1. The molecule has 1 saturated heterocycles. The molecular weight excluding hydrogens is 302 g/mol. The number of rotatable bonds is 2. The molecule has 1 N–H and O–H groups in total. The Morgan fingerprint density at radius 2 is 1.96 bits per heavy atom. The maximum absolute atomic E-state index is 12.9. The fourth-order valence-corrected chi connectivity index (χ4v) is 3.17. The van der Waals surface area contributed by atoms with Gasteiger partial charge in [-0.25, -0.2) is 9.50 Å². The summed E-state index contributed by atoms with van der Waals surface area (Å²) in [6, 6.07) is 2.00. The fraction of sp³-hybridized carbons (Fsp3) is 0.611. The predicted molar refractivity (Wildman–Crippen MR) is 93.6 cm³/mol. The molecule has 0 unspecified atom stereocenters. The Kier molecular flexibility index (Phi) is 4.34. The van der Waals surface area contributed by atoms with E-state index in [2.05, 4.69) is 37.8 Å². The van der Waals surface area contributed by atoms with Gasteiger partial charge in [-0.2, -0.15) is 5.10 Å². The zero-order chi connectivity index (χ0) is 17.5. The topological polar surface area (TPSA) is 54.9 Å². The van der Waals surface area contributed by atoms with Crippen LogP contribution in [0.1, 0.15) is 49.4 Å². The molecule has 24 heavy (non-hydrogen) atoms. The molecule has 2 aromatic heterocycles. The second-order valence-corrected chi connectivity index (χ2v) is 7.70. The zero-order valence-electron chi connectivity index (χ0n) is 15.4. The van der Waals surface area contributed by atoms with Crippen LogP contribution in [-0.4, -0.2) is 58.1 Å². The van der Waals surface area contributed by atoms with E-state index in [1.807, 2.05) is 17.9 Å². The van der Waals surface area contributed by atoms with Crippen molar-refractivity contribution in [3.63, 3.8) is 0 Å². The maximum atomic E-state index is 12.9. The number of fused-ring (bicyclic) bond motifs is 1. The van der Waals surface area contributed by atoms with Gasteiger partial charge in [0.05, 0.1) is 49.7 Å². The lowest BCUT2D eigenvalue weighted by Crippen LogP contribution is -3.14. The third kappa shape index (κ3) is 3.02. The molecule has 0 atom stereocenters. The van der Waals surface area contributed by atoms with E-state index >= 15 is 0 Å². The molecule has 130 valence electrons. The Bertz CT molecular complexity index is 751. The van der Waals surface area contributed by atoms with Crippen LogP contribution in [0.2, 0.25) is 0 Å². The molecule has 1 aliphatic rings. The molecule has 0 bridgehead atoms.